The predicted octanol–water partition coefficient (Wildman–Crippen LogP) is 0.838. The molecule has 0 amide bonds. The zero-order valence-corrected chi connectivity index (χ0v) is 6.75. The SMILES string of the molecule is C[CH]C(CO)C(CC)CO. The van der Waals surface area contributed by atoms with Gasteiger partial charge in [0.25, 0.3) is 0 Å². The molecule has 2 atom stereocenters. The molecule has 0 bridgehead atoms. The minimum atomic E-state index is 0.148. The van der Waals surface area contributed by atoms with E-state index in [2.05, 4.69) is 0 Å². The monoisotopic (exact) mass is 145 g/mol. The van der Waals surface area contributed by atoms with Gasteiger partial charge in [0, 0.05) is 13.2 Å². The Bertz CT molecular complexity index is 55.7. The number of rotatable bonds is 5. The molecule has 61 valence electrons. The molecule has 0 aliphatic carbocycles. The minimum absolute atomic E-state index is 0.148. The smallest absolute Gasteiger partial charge is 0.0465 e. The standard InChI is InChI=1S/C8H17O2/c1-3-7(5-9)8(4-2)6-10/h3,7-10H,4-6H2,1-2H3. The summed E-state index contributed by atoms with van der Waals surface area (Å²) in [4.78, 5) is 0. The average molecular weight is 145 g/mol. The van der Waals surface area contributed by atoms with Crippen molar-refractivity contribution in [3.05, 3.63) is 6.42 Å². The largest absolute Gasteiger partial charge is 0.396 e. The number of aliphatic hydroxyl groups is 2. The first-order valence-corrected chi connectivity index (χ1v) is 3.81. The molecular weight excluding hydrogens is 128 g/mol. The fraction of sp³-hybridized carbons (Fsp3) is 0.875. The van der Waals surface area contributed by atoms with Gasteiger partial charge < -0.3 is 10.2 Å². The molecule has 10 heavy (non-hydrogen) atoms. The van der Waals surface area contributed by atoms with Crippen LogP contribution in [0.3, 0.4) is 0 Å². The lowest BCUT2D eigenvalue weighted by Crippen LogP contribution is -2.20. The van der Waals surface area contributed by atoms with E-state index in [1.165, 1.54) is 0 Å². The Kier molecular flexibility index (Phi) is 5.64. The predicted molar refractivity (Wildman–Crippen MR) is 41.4 cm³/mol. The van der Waals surface area contributed by atoms with Crippen molar-refractivity contribution in [3.63, 3.8) is 0 Å². The summed E-state index contributed by atoms with van der Waals surface area (Å²) in [5.74, 6) is 0.394. The van der Waals surface area contributed by atoms with E-state index >= 15 is 0 Å². The summed E-state index contributed by atoms with van der Waals surface area (Å²) in [5.41, 5.74) is 0. The van der Waals surface area contributed by atoms with E-state index in [9.17, 15) is 0 Å². The summed E-state index contributed by atoms with van der Waals surface area (Å²) in [6.45, 7) is 4.26. The van der Waals surface area contributed by atoms with Crippen LogP contribution in [0.15, 0.2) is 0 Å². The Labute approximate surface area is 62.9 Å². The zero-order chi connectivity index (χ0) is 7.98. The quantitative estimate of drug-likeness (QED) is 0.601. The van der Waals surface area contributed by atoms with E-state index in [1.807, 2.05) is 20.3 Å². The average Bonchev–Trinajstić information content (AvgIpc) is 2.00. The van der Waals surface area contributed by atoms with Crippen LogP contribution in [0.4, 0.5) is 0 Å². The lowest BCUT2D eigenvalue weighted by molar-refractivity contribution is 0.134. The molecule has 0 aliphatic heterocycles. The van der Waals surface area contributed by atoms with Gasteiger partial charge >= 0.3 is 0 Å². The van der Waals surface area contributed by atoms with Crippen LogP contribution >= 0.6 is 0 Å². The number of aliphatic hydroxyl groups excluding tert-OH is 2. The summed E-state index contributed by atoms with van der Waals surface area (Å²) >= 11 is 0. The van der Waals surface area contributed by atoms with Gasteiger partial charge in [0.2, 0.25) is 0 Å². The van der Waals surface area contributed by atoms with Crippen LogP contribution in [-0.2, 0) is 0 Å². The summed E-state index contributed by atoms with van der Waals surface area (Å²) in [6.07, 6.45) is 2.87. The first-order chi connectivity index (χ1) is 4.79. The van der Waals surface area contributed by atoms with E-state index in [0.717, 1.165) is 6.42 Å². The van der Waals surface area contributed by atoms with Crippen LogP contribution in [0.25, 0.3) is 0 Å². The van der Waals surface area contributed by atoms with Crippen LogP contribution in [0.1, 0.15) is 20.3 Å². The van der Waals surface area contributed by atoms with Crippen LogP contribution in [-0.4, -0.2) is 23.4 Å². The Morgan fingerprint density at radius 3 is 2.00 bits per heavy atom. The fourth-order valence-corrected chi connectivity index (χ4v) is 1.09. The lowest BCUT2D eigenvalue weighted by atomic mass is 9.89. The van der Waals surface area contributed by atoms with Crippen LogP contribution in [0.5, 0.6) is 0 Å². The second kappa shape index (κ2) is 5.69. The number of hydrogen-bond donors (Lipinski definition) is 2. The van der Waals surface area contributed by atoms with Gasteiger partial charge in [-0.25, -0.2) is 0 Å². The number of hydrogen-bond acceptors (Lipinski definition) is 2. The van der Waals surface area contributed by atoms with E-state index in [-0.39, 0.29) is 25.0 Å². The van der Waals surface area contributed by atoms with Crippen molar-refractivity contribution >= 4 is 0 Å². The van der Waals surface area contributed by atoms with Gasteiger partial charge in [-0.2, -0.15) is 0 Å². The molecule has 0 fully saturated rings. The molecule has 0 aromatic heterocycles. The van der Waals surface area contributed by atoms with Crippen molar-refractivity contribution in [1.82, 2.24) is 0 Å². The normalized spacial score (nSPS) is 16.8. The summed E-state index contributed by atoms with van der Waals surface area (Å²) in [6, 6.07) is 0. The second-order valence-corrected chi connectivity index (χ2v) is 2.53. The van der Waals surface area contributed by atoms with Gasteiger partial charge in [-0.3, -0.25) is 0 Å². The third-order valence-electron chi connectivity index (χ3n) is 2.00. The van der Waals surface area contributed by atoms with Crippen molar-refractivity contribution in [2.75, 3.05) is 13.2 Å². The fourth-order valence-electron chi connectivity index (χ4n) is 1.09. The topological polar surface area (TPSA) is 40.5 Å². The van der Waals surface area contributed by atoms with Crippen LogP contribution < -0.4 is 0 Å². The molecule has 2 N–H and O–H groups in total. The maximum atomic E-state index is 8.83. The molecule has 0 saturated heterocycles. The van der Waals surface area contributed by atoms with E-state index < -0.39 is 0 Å². The summed E-state index contributed by atoms with van der Waals surface area (Å²) in [7, 11) is 0. The Balaban J connectivity index is 3.70. The summed E-state index contributed by atoms with van der Waals surface area (Å²) < 4.78 is 0. The molecule has 0 spiro atoms. The van der Waals surface area contributed by atoms with E-state index in [1.54, 1.807) is 0 Å². The molecule has 0 aromatic rings. The van der Waals surface area contributed by atoms with Crippen molar-refractivity contribution in [2.45, 2.75) is 20.3 Å². The molecule has 1 radical (unpaired) electrons. The Hall–Kier alpha value is -0.0800. The second-order valence-electron chi connectivity index (χ2n) is 2.53. The third kappa shape index (κ3) is 2.67. The van der Waals surface area contributed by atoms with Gasteiger partial charge in [0.1, 0.15) is 0 Å². The highest BCUT2D eigenvalue weighted by Gasteiger charge is 2.15. The van der Waals surface area contributed by atoms with Gasteiger partial charge in [-0.15, -0.1) is 0 Å². The molecule has 0 aliphatic rings. The Morgan fingerprint density at radius 1 is 1.30 bits per heavy atom. The van der Waals surface area contributed by atoms with E-state index in [0.29, 0.717) is 0 Å². The maximum absolute atomic E-state index is 8.83. The minimum Gasteiger partial charge on any atom is -0.396 e. The molecule has 0 heterocycles. The third-order valence-corrected chi connectivity index (χ3v) is 2.00. The van der Waals surface area contributed by atoms with Crippen molar-refractivity contribution in [2.24, 2.45) is 11.8 Å². The van der Waals surface area contributed by atoms with E-state index in [4.69, 9.17) is 10.2 Å². The molecule has 2 nitrogen and oxygen atoms in total. The highest BCUT2D eigenvalue weighted by Crippen LogP contribution is 2.16. The highest BCUT2D eigenvalue weighted by atomic mass is 16.3. The molecule has 0 saturated carbocycles. The maximum Gasteiger partial charge on any atom is 0.0465 e. The molecular formula is C8H17O2. The van der Waals surface area contributed by atoms with Gasteiger partial charge in [-0.1, -0.05) is 20.3 Å². The molecule has 2 heteroatoms. The van der Waals surface area contributed by atoms with Crippen LogP contribution in [0, 0.1) is 18.3 Å². The lowest BCUT2D eigenvalue weighted by Gasteiger charge is -2.20. The summed E-state index contributed by atoms with van der Waals surface area (Å²) in [5, 5.41) is 17.6. The van der Waals surface area contributed by atoms with Crippen molar-refractivity contribution in [3.8, 4) is 0 Å². The highest BCUT2D eigenvalue weighted by molar-refractivity contribution is 4.77. The molecule has 0 rings (SSSR count). The Morgan fingerprint density at radius 2 is 1.90 bits per heavy atom. The molecule has 2 unspecified atom stereocenters. The first-order valence-electron chi connectivity index (χ1n) is 3.81. The van der Waals surface area contributed by atoms with Gasteiger partial charge in [0.15, 0.2) is 0 Å². The van der Waals surface area contributed by atoms with Gasteiger partial charge in [-0.05, 0) is 18.3 Å². The van der Waals surface area contributed by atoms with Crippen LogP contribution in [0.2, 0.25) is 0 Å². The van der Waals surface area contributed by atoms with Crippen molar-refractivity contribution in [1.29, 1.82) is 0 Å². The van der Waals surface area contributed by atoms with Gasteiger partial charge in [0.05, 0.1) is 0 Å². The zero-order valence-electron chi connectivity index (χ0n) is 6.75. The van der Waals surface area contributed by atoms with Crippen molar-refractivity contribution < 1.29 is 10.2 Å². The molecule has 0 aromatic carbocycles. The first kappa shape index (κ1) is 9.92.